The predicted molar refractivity (Wildman–Crippen MR) is 159 cm³/mol. The Morgan fingerprint density at radius 1 is 1.15 bits per heavy atom. The fraction of sp³-hybridized carbons (Fsp3) is 0.655. The van der Waals surface area contributed by atoms with E-state index in [0.29, 0.717) is 17.9 Å². The number of rotatable bonds is 11. The molecule has 2 aromatic rings. The second-order valence-corrected chi connectivity index (χ2v) is 15.0. The Bertz CT molecular complexity index is 1230. The summed E-state index contributed by atoms with van der Waals surface area (Å²) in [5.74, 6) is 0.896. The van der Waals surface area contributed by atoms with Gasteiger partial charge in [-0.05, 0) is 94.2 Å². The SMILES string of the molecule is Cc1nc(NCC2CCC(N[C@H](CC(C)C)C(=O)OC3CCCC3)CC2)sc1-c1ccc(Cl)c(S(C)(=O)=O)c1. The van der Waals surface area contributed by atoms with Crippen LogP contribution >= 0.6 is 22.9 Å². The lowest BCUT2D eigenvalue weighted by molar-refractivity contribution is -0.152. The van der Waals surface area contributed by atoms with Crippen LogP contribution in [0.3, 0.4) is 0 Å². The first kappa shape index (κ1) is 30.3. The molecule has 2 N–H and O–H groups in total. The molecule has 0 radical (unpaired) electrons. The van der Waals surface area contributed by atoms with Crippen molar-refractivity contribution in [3.8, 4) is 10.4 Å². The summed E-state index contributed by atoms with van der Waals surface area (Å²) in [6, 6.07) is 5.21. The molecule has 2 aliphatic carbocycles. The number of benzene rings is 1. The quantitative estimate of drug-likeness (QED) is 0.281. The molecule has 0 bridgehead atoms. The molecule has 0 amide bonds. The highest BCUT2D eigenvalue weighted by atomic mass is 35.5. The number of hydrogen-bond donors (Lipinski definition) is 2. The van der Waals surface area contributed by atoms with Gasteiger partial charge in [-0.3, -0.25) is 4.79 Å². The van der Waals surface area contributed by atoms with E-state index in [1.165, 1.54) is 17.6 Å². The standard InChI is InChI=1S/C29H42ClN3O4S2/c1-18(2)15-25(28(34)37-23-7-5-6-8-23)33-22-12-9-20(10-13-22)17-31-29-32-19(3)27(38-29)21-11-14-24(30)26(16-21)39(4,35)36/h11,14,16,18,20,22-23,25,33H,5-10,12-13,15,17H2,1-4H3,(H,31,32)/t20?,22?,25-/m1/s1. The van der Waals surface area contributed by atoms with Crippen LogP contribution in [0.5, 0.6) is 0 Å². The van der Waals surface area contributed by atoms with Gasteiger partial charge in [0.1, 0.15) is 12.1 Å². The lowest BCUT2D eigenvalue weighted by Crippen LogP contribution is -2.47. The Hall–Kier alpha value is -1.68. The number of carbonyl (C=O) groups excluding carboxylic acids is 1. The zero-order valence-corrected chi connectivity index (χ0v) is 25.9. The van der Waals surface area contributed by atoms with Crippen molar-refractivity contribution in [2.45, 2.75) is 102 Å². The van der Waals surface area contributed by atoms with E-state index in [-0.39, 0.29) is 28.0 Å². The van der Waals surface area contributed by atoms with E-state index in [1.54, 1.807) is 12.1 Å². The number of anilines is 1. The Morgan fingerprint density at radius 2 is 1.85 bits per heavy atom. The van der Waals surface area contributed by atoms with Gasteiger partial charge in [-0.2, -0.15) is 0 Å². The Morgan fingerprint density at radius 3 is 2.49 bits per heavy atom. The van der Waals surface area contributed by atoms with Gasteiger partial charge in [0.2, 0.25) is 0 Å². The molecule has 2 aliphatic rings. The van der Waals surface area contributed by atoms with Gasteiger partial charge in [0.25, 0.3) is 0 Å². The van der Waals surface area contributed by atoms with E-state index in [9.17, 15) is 13.2 Å². The van der Waals surface area contributed by atoms with Crippen molar-refractivity contribution >= 4 is 43.9 Å². The van der Waals surface area contributed by atoms with Crippen LogP contribution in [-0.4, -0.2) is 50.4 Å². The molecule has 0 saturated heterocycles. The summed E-state index contributed by atoms with van der Waals surface area (Å²) in [5, 5.41) is 8.22. The molecule has 0 spiro atoms. The third kappa shape index (κ3) is 8.41. The number of aryl methyl sites for hydroxylation is 1. The molecular formula is C29H42ClN3O4S2. The molecule has 7 nitrogen and oxygen atoms in total. The highest BCUT2D eigenvalue weighted by Crippen LogP contribution is 2.36. The molecule has 216 valence electrons. The van der Waals surface area contributed by atoms with Gasteiger partial charge >= 0.3 is 5.97 Å². The fourth-order valence-corrected chi connectivity index (χ4v) is 7.95. The number of nitrogens with zero attached hydrogens (tertiary/aromatic N) is 1. The van der Waals surface area contributed by atoms with Crippen LogP contribution in [0.4, 0.5) is 5.13 Å². The second-order valence-electron chi connectivity index (χ2n) is 11.6. The van der Waals surface area contributed by atoms with Gasteiger partial charge in [0.15, 0.2) is 15.0 Å². The average Bonchev–Trinajstić information content (AvgIpc) is 3.52. The van der Waals surface area contributed by atoms with Crippen molar-refractivity contribution in [1.29, 1.82) is 0 Å². The van der Waals surface area contributed by atoms with Crippen LogP contribution < -0.4 is 10.6 Å². The summed E-state index contributed by atoms with van der Waals surface area (Å²) < 4.78 is 30.0. The van der Waals surface area contributed by atoms with Gasteiger partial charge in [-0.1, -0.05) is 42.9 Å². The first-order valence-electron chi connectivity index (χ1n) is 14.2. The lowest BCUT2D eigenvalue weighted by atomic mass is 9.85. The molecule has 1 aromatic carbocycles. The summed E-state index contributed by atoms with van der Waals surface area (Å²) in [4.78, 5) is 18.7. The number of thiazole rings is 1. The highest BCUT2D eigenvalue weighted by Gasteiger charge is 2.30. The maximum atomic E-state index is 12.9. The number of aromatic nitrogens is 1. The largest absolute Gasteiger partial charge is 0.461 e. The van der Waals surface area contributed by atoms with Crippen LogP contribution in [0.25, 0.3) is 10.4 Å². The van der Waals surface area contributed by atoms with E-state index in [4.69, 9.17) is 21.3 Å². The minimum Gasteiger partial charge on any atom is -0.461 e. The number of halogens is 1. The number of ether oxygens (including phenoxy) is 1. The number of esters is 1. The topological polar surface area (TPSA) is 97.4 Å². The normalized spacial score (nSPS) is 21.3. The van der Waals surface area contributed by atoms with Crippen molar-refractivity contribution in [2.24, 2.45) is 11.8 Å². The smallest absolute Gasteiger partial charge is 0.323 e. The van der Waals surface area contributed by atoms with E-state index in [0.717, 1.165) is 85.6 Å². The average molecular weight is 596 g/mol. The monoisotopic (exact) mass is 595 g/mol. The van der Waals surface area contributed by atoms with Crippen molar-refractivity contribution in [1.82, 2.24) is 10.3 Å². The van der Waals surface area contributed by atoms with Crippen LogP contribution in [0.15, 0.2) is 23.1 Å². The zero-order valence-electron chi connectivity index (χ0n) is 23.5. The maximum Gasteiger partial charge on any atom is 0.323 e. The first-order chi connectivity index (χ1) is 18.5. The Kier molecular flexibility index (Phi) is 10.3. The van der Waals surface area contributed by atoms with Crippen LogP contribution in [0, 0.1) is 18.8 Å². The summed E-state index contributed by atoms with van der Waals surface area (Å²) in [6.07, 6.45) is 10.6. The molecule has 1 atom stereocenters. The molecule has 4 rings (SSSR count). The molecule has 0 unspecified atom stereocenters. The van der Waals surface area contributed by atoms with Crippen LogP contribution in [-0.2, 0) is 19.4 Å². The number of sulfone groups is 1. The molecule has 39 heavy (non-hydrogen) atoms. The number of nitrogens with one attached hydrogen (secondary N) is 2. The van der Waals surface area contributed by atoms with Gasteiger partial charge in [-0.15, -0.1) is 0 Å². The van der Waals surface area contributed by atoms with Gasteiger partial charge in [0.05, 0.1) is 20.5 Å². The van der Waals surface area contributed by atoms with Crippen LogP contribution in [0.1, 0.15) is 77.3 Å². The molecule has 2 saturated carbocycles. The first-order valence-corrected chi connectivity index (χ1v) is 17.3. The maximum absolute atomic E-state index is 12.9. The van der Waals surface area contributed by atoms with Crippen LogP contribution in [0.2, 0.25) is 5.02 Å². The van der Waals surface area contributed by atoms with Crippen molar-refractivity contribution in [3.05, 3.63) is 28.9 Å². The summed E-state index contributed by atoms with van der Waals surface area (Å²) >= 11 is 7.66. The van der Waals surface area contributed by atoms with Gasteiger partial charge in [-0.25, -0.2) is 13.4 Å². The van der Waals surface area contributed by atoms with Gasteiger partial charge in [0, 0.05) is 18.8 Å². The third-order valence-electron chi connectivity index (χ3n) is 7.79. The Labute approximate surface area is 242 Å². The predicted octanol–water partition coefficient (Wildman–Crippen LogP) is 6.64. The lowest BCUT2D eigenvalue weighted by Gasteiger charge is -2.32. The molecule has 0 aliphatic heterocycles. The molecular weight excluding hydrogens is 554 g/mol. The zero-order chi connectivity index (χ0) is 28.2. The number of hydrogen-bond acceptors (Lipinski definition) is 8. The van der Waals surface area contributed by atoms with E-state index in [2.05, 4.69) is 24.5 Å². The van der Waals surface area contributed by atoms with E-state index >= 15 is 0 Å². The van der Waals surface area contributed by atoms with Crippen molar-refractivity contribution < 1.29 is 17.9 Å². The van der Waals surface area contributed by atoms with Crippen molar-refractivity contribution in [2.75, 3.05) is 18.1 Å². The second kappa shape index (κ2) is 13.3. The summed E-state index contributed by atoms with van der Waals surface area (Å²) in [5.41, 5.74) is 1.66. The summed E-state index contributed by atoms with van der Waals surface area (Å²) in [6.45, 7) is 7.09. The fourth-order valence-electron chi connectivity index (χ4n) is 5.67. The van der Waals surface area contributed by atoms with E-state index in [1.807, 2.05) is 13.0 Å². The molecule has 10 heteroatoms. The molecule has 2 fully saturated rings. The minimum absolute atomic E-state index is 0.0707. The number of carbonyl (C=O) groups is 1. The molecule has 1 aromatic heterocycles. The summed E-state index contributed by atoms with van der Waals surface area (Å²) in [7, 11) is -3.42. The van der Waals surface area contributed by atoms with Crippen molar-refractivity contribution in [3.63, 3.8) is 0 Å². The third-order valence-corrected chi connectivity index (χ3v) is 10.5. The van der Waals surface area contributed by atoms with E-state index < -0.39 is 9.84 Å². The van der Waals surface area contributed by atoms with Gasteiger partial charge < -0.3 is 15.4 Å². The highest BCUT2D eigenvalue weighted by molar-refractivity contribution is 7.90. The minimum atomic E-state index is -3.42. The Balaban J connectivity index is 1.29. The molecule has 1 heterocycles.